The molecule has 0 spiro atoms. The summed E-state index contributed by atoms with van der Waals surface area (Å²) >= 11 is 1.18. The largest absolute Gasteiger partial charge is 0.325 e. The average molecular weight is 380 g/mol. The highest BCUT2D eigenvalue weighted by atomic mass is 32.2. The monoisotopic (exact) mass is 380 g/mol. The fraction of sp³-hybridized carbons (Fsp3) is 0.200. The second-order valence-electron chi connectivity index (χ2n) is 6.00. The molecular weight excluding hydrogens is 360 g/mol. The Morgan fingerprint density at radius 2 is 1.78 bits per heavy atom. The molecule has 2 aromatic carbocycles. The van der Waals surface area contributed by atoms with Gasteiger partial charge in [-0.25, -0.2) is 0 Å². The molecular formula is C20H20N4O2S. The van der Waals surface area contributed by atoms with Crippen LogP contribution in [0.5, 0.6) is 0 Å². The van der Waals surface area contributed by atoms with Gasteiger partial charge in [0.15, 0.2) is 5.17 Å². The molecule has 27 heavy (non-hydrogen) atoms. The van der Waals surface area contributed by atoms with Crippen LogP contribution >= 0.6 is 11.8 Å². The third kappa shape index (κ3) is 5.52. The molecule has 138 valence electrons. The highest BCUT2D eigenvalue weighted by Gasteiger charge is 2.25. The number of para-hydroxylation sites is 1. The molecule has 7 heteroatoms. The summed E-state index contributed by atoms with van der Waals surface area (Å²) in [4.78, 5) is 29.7. The van der Waals surface area contributed by atoms with Crippen LogP contribution in [-0.4, -0.2) is 40.0 Å². The van der Waals surface area contributed by atoms with E-state index in [0.717, 1.165) is 17.7 Å². The van der Waals surface area contributed by atoms with E-state index in [-0.39, 0.29) is 29.8 Å². The summed E-state index contributed by atoms with van der Waals surface area (Å²) in [6, 6.07) is 19.1. The maximum Gasteiger partial charge on any atom is 0.255 e. The Morgan fingerprint density at radius 3 is 2.48 bits per heavy atom. The summed E-state index contributed by atoms with van der Waals surface area (Å²) in [5.74, 6) is -0.184. The molecule has 1 heterocycles. The van der Waals surface area contributed by atoms with E-state index in [1.54, 1.807) is 4.90 Å². The Bertz CT molecular complexity index is 853. The quantitative estimate of drug-likeness (QED) is 0.806. The molecule has 0 radical (unpaired) electrons. The van der Waals surface area contributed by atoms with Crippen molar-refractivity contribution in [3.63, 3.8) is 0 Å². The van der Waals surface area contributed by atoms with Crippen LogP contribution in [0.2, 0.25) is 0 Å². The lowest BCUT2D eigenvalue weighted by atomic mass is 10.1. The van der Waals surface area contributed by atoms with Gasteiger partial charge in [-0.15, -0.1) is 0 Å². The molecule has 1 aliphatic rings. The van der Waals surface area contributed by atoms with Gasteiger partial charge in [-0.05, 0) is 24.1 Å². The van der Waals surface area contributed by atoms with Gasteiger partial charge in [0.25, 0.3) is 5.91 Å². The van der Waals surface area contributed by atoms with E-state index in [0.29, 0.717) is 11.7 Å². The number of amides is 2. The summed E-state index contributed by atoms with van der Waals surface area (Å²) in [7, 11) is 0. The van der Waals surface area contributed by atoms with Crippen molar-refractivity contribution in [3.8, 4) is 0 Å². The molecule has 2 aromatic rings. The maximum absolute atomic E-state index is 12.2. The van der Waals surface area contributed by atoms with Gasteiger partial charge in [-0.1, -0.05) is 60.3 Å². The molecule has 0 bridgehead atoms. The summed E-state index contributed by atoms with van der Waals surface area (Å²) in [6.45, 7) is 0.544. The highest BCUT2D eigenvalue weighted by Crippen LogP contribution is 2.18. The highest BCUT2D eigenvalue weighted by molar-refractivity contribution is 8.14. The van der Waals surface area contributed by atoms with E-state index in [9.17, 15) is 9.59 Å². The summed E-state index contributed by atoms with van der Waals surface area (Å²) in [6.07, 6.45) is 0.724. The van der Waals surface area contributed by atoms with Gasteiger partial charge in [0, 0.05) is 12.2 Å². The van der Waals surface area contributed by atoms with Crippen LogP contribution in [-0.2, 0) is 16.0 Å². The van der Waals surface area contributed by atoms with E-state index in [1.807, 2.05) is 60.7 Å². The van der Waals surface area contributed by atoms with E-state index < -0.39 is 0 Å². The van der Waals surface area contributed by atoms with Gasteiger partial charge in [-0.2, -0.15) is 4.99 Å². The van der Waals surface area contributed by atoms with Crippen molar-refractivity contribution < 1.29 is 9.59 Å². The van der Waals surface area contributed by atoms with Crippen LogP contribution in [0.25, 0.3) is 0 Å². The topological polar surface area (TPSA) is 85.6 Å². The molecule has 0 fully saturated rings. The number of hydrogen-bond acceptors (Lipinski definition) is 4. The van der Waals surface area contributed by atoms with Crippen molar-refractivity contribution >= 4 is 40.3 Å². The fourth-order valence-electron chi connectivity index (χ4n) is 2.64. The molecule has 0 saturated heterocycles. The normalized spacial score (nSPS) is 14.1. The molecule has 0 unspecified atom stereocenters. The van der Waals surface area contributed by atoms with Crippen LogP contribution in [0.3, 0.4) is 0 Å². The first-order valence-corrected chi connectivity index (χ1v) is 9.58. The minimum Gasteiger partial charge on any atom is -0.325 e. The van der Waals surface area contributed by atoms with Gasteiger partial charge in [-0.3, -0.25) is 15.0 Å². The minimum atomic E-state index is -0.345. The Labute approximate surface area is 162 Å². The SMILES string of the molecule is N=C1CC(=O)N=C(SCC(=O)Nc2ccccc2)N1CCc1ccccc1. The fourth-order valence-corrected chi connectivity index (χ4v) is 3.49. The molecule has 6 nitrogen and oxygen atoms in total. The Morgan fingerprint density at radius 1 is 1.11 bits per heavy atom. The zero-order valence-corrected chi connectivity index (χ0v) is 15.5. The number of nitrogens with one attached hydrogen (secondary N) is 2. The first kappa shape index (κ1) is 18.8. The van der Waals surface area contributed by atoms with Crippen LogP contribution < -0.4 is 5.32 Å². The number of nitrogens with zero attached hydrogens (tertiary/aromatic N) is 2. The number of carbonyl (C=O) groups is 2. The number of aliphatic imine (C=N–C) groups is 1. The van der Waals surface area contributed by atoms with Crippen molar-refractivity contribution in [2.45, 2.75) is 12.8 Å². The molecule has 2 amide bonds. The maximum atomic E-state index is 12.2. The lowest BCUT2D eigenvalue weighted by molar-refractivity contribution is -0.117. The predicted octanol–water partition coefficient (Wildman–Crippen LogP) is 3.17. The van der Waals surface area contributed by atoms with Crippen molar-refractivity contribution in [1.29, 1.82) is 5.41 Å². The standard InChI is InChI=1S/C20H20N4O2S/c21-17-13-18(25)23-20(24(17)12-11-15-7-3-1-4-8-15)27-14-19(26)22-16-9-5-2-6-10-16/h1-10,21H,11-14H2,(H,22,26). The molecule has 0 saturated carbocycles. The summed E-state index contributed by atoms with van der Waals surface area (Å²) < 4.78 is 0. The second kappa shape index (κ2) is 9.14. The summed E-state index contributed by atoms with van der Waals surface area (Å²) in [5, 5.41) is 11.4. The average Bonchev–Trinajstić information content (AvgIpc) is 2.67. The summed E-state index contributed by atoms with van der Waals surface area (Å²) in [5.41, 5.74) is 1.87. The lowest BCUT2D eigenvalue weighted by Gasteiger charge is -2.28. The van der Waals surface area contributed by atoms with Gasteiger partial charge in [0.2, 0.25) is 5.91 Å². The van der Waals surface area contributed by atoms with Crippen molar-refractivity contribution in [3.05, 3.63) is 66.2 Å². The molecule has 2 N–H and O–H groups in total. The van der Waals surface area contributed by atoms with Crippen LogP contribution in [0.1, 0.15) is 12.0 Å². The molecule has 1 aliphatic heterocycles. The van der Waals surface area contributed by atoms with E-state index in [4.69, 9.17) is 5.41 Å². The number of hydrogen-bond donors (Lipinski definition) is 2. The number of amidine groups is 2. The van der Waals surface area contributed by atoms with E-state index >= 15 is 0 Å². The van der Waals surface area contributed by atoms with Crippen LogP contribution in [0, 0.1) is 5.41 Å². The third-order valence-electron chi connectivity index (χ3n) is 3.95. The minimum absolute atomic E-state index is 0.00490. The Balaban J connectivity index is 1.60. The van der Waals surface area contributed by atoms with Gasteiger partial charge < -0.3 is 10.2 Å². The predicted molar refractivity (Wildman–Crippen MR) is 109 cm³/mol. The molecule has 0 aliphatic carbocycles. The van der Waals surface area contributed by atoms with Crippen LogP contribution in [0.4, 0.5) is 5.69 Å². The van der Waals surface area contributed by atoms with Crippen molar-refractivity contribution in [2.24, 2.45) is 4.99 Å². The van der Waals surface area contributed by atoms with Crippen molar-refractivity contribution in [1.82, 2.24) is 4.90 Å². The van der Waals surface area contributed by atoms with E-state index in [2.05, 4.69) is 10.3 Å². The van der Waals surface area contributed by atoms with Gasteiger partial charge in [0.05, 0.1) is 12.2 Å². The smallest absolute Gasteiger partial charge is 0.255 e. The Hall–Kier alpha value is -2.93. The van der Waals surface area contributed by atoms with Gasteiger partial charge in [0.1, 0.15) is 5.84 Å². The Kier molecular flexibility index (Phi) is 6.38. The molecule has 0 atom stereocenters. The first-order chi connectivity index (χ1) is 13.1. The number of anilines is 1. The third-order valence-corrected chi connectivity index (χ3v) is 4.93. The zero-order chi connectivity index (χ0) is 19.1. The zero-order valence-electron chi connectivity index (χ0n) is 14.7. The first-order valence-electron chi connectivity index (χ1n) is 8.60. The number of benzene rings is 2. The number of rotatable bonds is 6. The number of carbonyl (C=O) groups excluding carboxylic acids is 2. The second-order valence-corrected chi connectivity index (χ2v) is 6.94. The number of thioether (sulfide) groups is 1. The van der Waals surface area contributed by atoms with Crippen LogP contribution in [0.15, 0.2) is 65.7 Å². The molecule has 3 rings (SSSR count). The van der Waals surface area contributed by atoms with E-state index in [1.165, 1.54) is 11.8 Å². The molecule has 0 aromatic heterocycles. The lowest BCUT2D eigenvalue weighted by Crippen LogP contribution is -2.41. The van der Waals surface area contributed by atoms with Crippen molar-refractivity contribution in [2.75, 3.05) is 17.6 Å². The van der Waals surface area contributed by atoms with Gasteiger partial charge >= 0.3 is 0 Å².